The maximum Gasteiger partial charge on any atom is 0.261 e. The Morgan fingerprint density at radius 2 is 1.64 bits per heavy atom. The number of amides is 1. The van der Waals surface area contributed by atoms with Crippen molar-refractivity contribution in [2.75, 3.05) is 34.6 Å². The van der Waals surface area contributed by atoms with E-state index in [2.05, 4.69) is 21.0 Å². The normalized spacial score (nSPS) is 14.6. The summed E-state index contributed by atoms with van der Waals surface area (Å²) >= 11 is 1.98. The first-order chi connectivity index (χ1) is 15.9. The van der Waals surface area contributed by atoms with Gasteiger partial charge in [-0.25, -0.2) is 8.42 Å². The van der Waals surface area contributed by atoms with Gasteiger partial charge in [-0.2, -0.15) is 11.8 Å². The third-order valence-electron chi connectivity index (χ3n) is 5.64. The van der Waals surface area contributed by atoms with Crippen molar-refractivity contribution in [3.8, 4) is 0 Å². The van der Waals surface area contributed by atoms with Crippen LogP contribution in [0.4, 0.5) is 11.4 Å². The molecular weight excluding hydrogens is 454 g/mol. The number of hydrogen-bond acceptors (Lipinski definition) is 5. The fraction of sp³-hybridized carbons (Fsp3) is 0.240. The summed E-state index contributed by atoms with van der Waals surface area (Å²) in [5, 5.41) is 2.98. The number of hydrogen-bond donors (Lipinski definition) is 2. The van der Waals surface area contributed by atoms with Gasteiger partial charge in [0.2, 0.25) is 0 Å². The highest BCUT2D eigenvalue weighted by Gasteiger charge is 2.17. The van der Waals surface area contributed by atoms with Crippen LogP contribution in [0, 0.1) is 6.92 Å². The van der Waals surface area contributed by atoms with Gasteiger partial charge in [-0.15, -0.1) is 0 Å². The minimum atomic E-state index is -3.73. The number of thioether (sulfide) groups is 1. The lowest BCUT2D eigenvalue weighted by Crippen LogP contribution is -2.32. The highest BCUT2D eigenvalue weighted by Crippen LogP contribution is 2.23. The maximum atomic E-state index is 12.8. The zero-order valence-corrected chi connectivity index (χ0v) is 20.1. The van der Waals surface area contributed by atoms with Gasteiger partial charge < -0.3 is 5.32 Å². The molecule has 0 spiro atoms. The summed E-state index contributed by atoms with van der Waals surface area (Å²) in [6, 6.07) is 20.6. The highest BCUT2D eigenvalue weighted by molar-refractivity contribution is 7.99. The molecule has 1 aliphatic heterocycles. The first-order valence-electron chi connectivity index (χ1n) is 10.8. The summed E-state index contributed by atoms with van der Waals surface area (Å²) in [5.74, 6) is 2.04. The Morgan fingerprint density at radius 1 is 0.939 bits per heavy atom. The Bertz CT molecular complexity index is 1210. The van der Waals surface area contributed by atoms with Gasteiger partial charge >= 0.3 is 0 Å². The Labute approximate surface area is 199 Å². The minimum absolute atomic E-state index is 0.0979. The Morgan fingerprint density at radius 3 is 2.33 bits per heavy atom. The predicted molar refractivity (Wildman–Crippen MR) is 135 cm³/mol. The van der Waals surface area contributed by atoms with E-state index in [0.29, 0.717) is 11.3 Å². The van der Waals surface area contributed by atoms with E-state index in [1.807, 2.05) is 36.9 Å². The molecule has 8 heteroatoms. The fourth-order valence-electron chi connectivity index (χ4n) is 3.69. The molecule has 6 nitrogen and oxygen atoms in total. The van der Waals surface area contributed by atoms with Crippen molar-refractivity contribution >= 4 is 39.1 Å². The topological polar surface area (TPSA) is 78.5 Å². The van der Waals surface area contributed by atoms with E-state index in [9.17, 15) is 13.2 Å². The molecule has 1 amide bonds. The lowest BCUT2D eigenvalue weighted by atomic mass is 10.1. The quantitative estimate of drug-likeness (QED) is 0.516. The summed E-state index contributed by atoms with van der Waals surface area (Å²) in [5.41, 5.74) is 3.90. The Hall–Kier alpha value is -2.81. The second-order valence-electron chi connectivity index (χ2n) is 7.93. The minimum Gasteiger partial charge on any atom is -0.322 e. The smallest absolute Gasteiger partial charge is 0.261 e. The Balaban J connectivity index is 1.44. The predicted octanol–water partition coefficient (Wildman–Crippen LogP) is 4.60. The molecule has 1 aliphatic rings. The molecule has 1 fully saturated rings. The summed E-state index contributed by atoms with van der Waals surface area (Å²) in [6.07, 6.45) is 0. The van der Waals surface area contributed by atoms with Crippen LogP contribution in [0.1, 0.15) is 21.5 Å². The first-order valence-corrected chi connectivity index (χ1v) is 13.4. The van der Waals surface area contributed by atoms with Crippen LogP contribution in [0.25, 0.3) is 0 Å². The lowest BCUT2D eigenvalue weighted by Gasteiger charge is -2.27. The molecular formula is C25H27N3O3S2. The standard InChI is InChI=1S/C25H27N3O3S2/c1-19-21(18-28-14-16-32-17-15-28)6-5-9-24(19)26-25(29)20-10-12-23(13-11-20)33(30,31)27-22-7-3-2-4-8-22/h2-13,27H,14-18H2,1H3,(H,26,29). The third-order valence-corrected chi connectivity index (χ3v) is 7.98. The van der Waals surface area contributed by atoms with Crippen LogP contribution < -0.4 is 10.0 Å². The summed E-state index contributed by atoms with van der Waals surface area (Å²) < 4.78 is 27.7. The van der Waals surface area contributed by atoms with Crippen molar-refractivity contribution in [1.29, 1.82) is 0 Å². The molecule has 0 aliphatic carbocycles. The highest BCUT2D eigenvalue weighted by atomic mass is 32.2. The van der Waals surface area contributed by atoms with Crippen LogP contribution in [0.2, 0.25) is 0 Å². The van der Waals surface area contributed by atoms with Crippen molar-refractivity contribution in [2.45, 2.75) is 18.4 Å². The van der Waals surface area contributed by atoms with Gasteiger partial charge in [-0.3, -0.25) is 14.4 Å². The molecule has 0 unspecified atom stereocenters. The maximum absolute atomic E-state index is 12.8. The number of nitrogens with zero attached hydrogens (tertiary/aromatic N) is 1. The van der Waals surface area contributed by atoms with Crippen molar-refractivity contribution in [1.82, 2.24) is 4.90 Å². The first kappa shape index (κ1) is 23.4. The molecule has 3 aromatic carbocycles. The van der Waals surface area contributed by atoms with Crippen molar-refractivity contribution in [2.24, 2.45) is 0 Å². The molecule has 1 heterocycles. The number of benzene rings is 3. The van der Waals surface area contributed by atoms with Crippen molar-refractivity contribution < 1.29 is 13.2 Å². The fourth-order valence-corrected chi connectivity index (χ4v) is 5.73. The number of rotatable bonds is 7. The summed E-state index contributed by atoms with van der Waals surface area (Å²) in [6.45, 7) is 5.05. The van der Waals surface area contributed by atoms with Crippen LogP contribution in [-0.4, -0.2) is 43.8 Å². The molecule has 4 rings (SSSR count). The Kier molecular flexibility index (Phi) is 7.37. The number of carbonyl (C=O) groups is 1. The van der Waals surface area contributed by atoms with Gasteiger partial charge in [0.05, 0.1) is 4.90 Å². The molecule has 0 atom stereocenters. The van der Waals surface area contributed by atoms with E-state index in [4.69, 9.17) is 0 Å². The second-order valence-corrected chi connectivity index (χ2v) is 10.8. The monoisotopic (exact) mass is 481 g/mol. The van der Waals surface area contributed by atoms with E-state index in [1.165, 1.54) is 29.8 Å². The van der Waals surface area contributed by atoms with Gasteiger partial charge in [-0.05, 0) is 60.5 Å². The van der Waals surface area contributed by atoms with Crippen LogP contribution >= 0.6 is 11.8 Å². The SMILES string of the molecule is Cc1c(CN2CCSCC2)cccc1NC(=O)c1ccc(S(=O)(=O)Nc2ccccc2)cc1. The van der Waals surface area contributed by atoms with Gasteiger partial charge in [-0.1, -0.05) is 30.3 Å². The zero-order chi connectivity index (χ0) is 23.3. The lowest BCUT2D eigenvalue weighted by molar-refractivity contribution is 0.102. The molecule has 33 heavy (non-hydrogen) atoms. The van der Waals surface area contributed by atoms with E-state index in [-0.39, 0.29) is 10.8 Å². The van der Waals surface area contributed by atoms with E-state index in [0.717, 1.165) is 42.4 Å². The average Bonchev–Trinajstić information content (AvgIpc) is 2.83. The van der Waals surface area contributed by atoms with Gasteiger partial charge in [0.25, 0.3) is 15.9 Å². The van der Waals surface area contributed by atoms with Crippen molar-refractivity contribution in [3.63, 3.8) is 0 Å². The van der Waals surface area contributed by atoms with E-state index in [1.54, 1.807) is 24.3 Å². The molecule has 0 bridgehead atoms. The van der Waals surface area contributed by atoms with E-state index >= 15 is 0 Å². The average molecular weight is 482 g/mol. The number of nitrogens with one attached hydrogen (secondary N) is 2. The molecule has 0 aromatic heterocycles. The number of anilines is 2. The molecule has 3 aromatic rings. The molecule has 0 saturated carbocycles. The zero-order valence-electron chi connectivity index (χ0n) is 18.5. The van der Waals surface area contributed by atoms with Crippen LogP contribution in [0.3, 0.4) is 0 Å². The van der Waals surface area contributed by atoms with Gasteiger partial charge in [0.15, 0.2) is 0 Å². The summed E-state index contributed by atoms with van der Waals surface area (Å²) in [7, 11) is -3.73. The molecule has 1 saturated heterocycles. The number of carbonyl (C=O) groups excluding carboxylic acids is 1. The second kappa shape index (κ2) is 10.4. The van der Waals surface area contributed by atoms with Crippen molar-refractivity contribution in [3.05, 3.63) is 89.5 Å². The molecule has 172 valence electrons. The number of sulfonamides is 1. The number of para-hydroxylation sites is 1. The van der Waals surface area contributed by atoms with Gasteiger partial charge in [0.1, 0.15) is 0 Å². The van der Waals surface area contributed by atoms with Crippen LogP contribution in [-0.2, 0) is 16.6 Å². The molecule has 2 N–H and O–H groups in total. The van der Waals surface area contributed by atoms with Crippen LogP contribution in [0.15, 0.2) is 77.7 Å². The largest absolute Gasteiger partial charge is 0.322 e. The van der Waals surface area contributed by atoms with E-state index < -0.39 is 10.0 Å². The molecule has 0 radical (unpaired) electrons. The third kappa shape index (κ3) is 5.96. The summed E-state index contributed by atoms with van der Waals surface area (Å²) in [4.78, 5) is 15.4. The van der Waals surface area contributed by atoms with Gasteiger partial charge in [0, 0.05) is 48.1 Å². The van der Waals surface area contributed by atoms with Crippen LogP contribution in [0.5, 0.6) is 0 Å².